The van der Waals surface area contributed by atoms with Crippen LogP contribution >= 0.6 is 0 Å². The van der Waals surface area contributed by atoms with Crippen LogP contribution in [0, 0.1) is 19.7 Å². The highest BCUT2D eigenvalue weighted by atomic mass is 19.1. The monoisotopic (exact) mass is 672 g/mol. The number of carbonyl (C=O) groups excluding carboxylic acids is 1. The van der Waals surface area contributed by atoms with E-state index in [1.165, 1.54) is 0 Å². The molecule has 9 nitrogen and oxygen atoms in total. The molecule has 6 bridgehead atoms. The summed E-state index contributed by atoms with van der Waals surface area (Å²) in [6.07, 6.45) is 2.01. The van der Waals surface area contributed by atoms with Gasteiger partial charge >= 0.3 is 5.97 Å². The molecule has 2 aromatic carbocycles. The number of carbonyl (C=O) groups is 1. The summed E-state index contributed by atoms with van der Waals surface area (Å²) in [5.41, 5.74) is 4.35. The van der Waals surface area contributed by atoms with E-state index in [0.29, 0.717) is 59.2 Å². The van der Waals surface area contributed by atoms with E-state index in [1.54, 1.807) is 13.0 Å². The Labute approximate surface area is 288 Å². The van der Waals surface area contributed by atoms with Gasteiger partial charge in [-0.3, -0.25) is 0 Å². The van der Waals surface area contributed by atoms with Gasteiger partial charge in [-0.2, -0.15) is 9.61 Å². The van der Waals surface area contributed by atoms with Gasteiger partial charge in [0.2, 0.25) is 0 Å². The second-order valence-electron chi connectivity index (χ2n) is 14.7. The molecular weight excluding hydrogens is 623 g/mol. The lowest BCUT2D eigenvalue weighted by molar-refractivity contribution is -0.166. The van der Waals surface area contributed by atoms with Crippen molar-refractivity contribution in [1.29, 1.82) is 0 Å². The summed E-state index contributed by atoms with van der Waals surface area (Å²) in [4.78, 5) is 20.9. The third kappa shape index (κ3) is 7.45. The number of aromatic nitrogens is 3. The van der Waals surface area contributed by atoms with Crippen LogP contribution in [0.4, 0.5) is 10.2 Å². The summed E-state index contributed by atoms with van der Waals surface area (Å²) in [6.45, 7) is 17.7. The molecule has 2 aromatic heterocycles. The van der Waals surface area contributed by atoms with E-state index in [4.69, 9.17) is 29.0 Å². The molecule has 262 valence electrons. The van der Waals surface area contributed by atoms with Crippen LogP contribution in [0.15, 0.2) is 42.5 Å². The zero-order chi connectivity index (χ0) is 35.1. The Bertz CT molecular complexity index is 1840. The van der Waals surface area contributed by atoms with Crippen molar-refractivity contribution in [1.82, 2.24) is 14.6 Å². The van der Waals surface area contributed by atoms with E-state index in [-0.39, 0.29) is 24.1 Å². The number of hydrogen-bond acceptors (Lipinski definition) is 8. The van der Waals surface area contributed by atoms with Crippen molar-refractivity contribution in [3.63, 3.8) is 0 Å². The van der Waals surface area contributed by atoms with Gasteiger partial charge in [0.25, 0.3) is 0 Å². The molecule has 0 radical (unpaired) electrons. The highest BCUT2D eigenvalue weighted by molar-refractivity contribution is 5.81. The molecule has 0 saturated carbocycles. The van der Waals surface area contributed by atoms with E-state index in [0.717, 1.165) is 42.6 Å². The number of aryl methyl sites for hydroxylation is 2. The summed E-state index contributed by atoms with van der Waals surface area (Å²) < 4.78 is 42.6. The van der Waals surface area contributed by atoms with Crippen LogP contribution in [0.1, 0.15) is 90.2 Å². The Morgan fingerprint density at radius 3 is 2.57 bits per heavy atom. The fourth-order valence-corrected chi connectivity index (χ4v) is 6.88. The maximum Gasteiger partial charge on any atom is 0.340 e. The van der Waals surface area contributed by atoms with Gasteiger partial charge in [-0.25, -0.2) is 14.2 Å². The number of esters is 1. The summed E-state index contributed by atoms with van der Waals surface area (Å²) in [5.74, 6) is 0.462. The third-order valence-corrected chi connectivity index (χ3v) is 9.34. The Hall–Kier alpha value is -4.02. The normalized spacial score (nSPS) is 20.7. The van der Waals surface area contributed by atoms with Crippen LogP contribution in [-0.4, -0.2) is 64.2 Å². The quantitative estimate of drug-likeness (QED) is 0.201. The Morgan fingerprint density at radius 1 is 1.12 bits per heavy atom. The number of ether oxygens (including phenoxy) is 4. The van der Waals surface area contributed by atoms with E-state index in [1.807, 2.05) is 82.5 Å². The first-order valence-corrected chi connectivity index (χ1v) is 17.5. The molecule has 0 aliphatic carbocycles. The summed E-state index contributed by atoms with van der Waals surface area (Å²) in [5, 5.41) is 5.12. The minimum atomic E-state index is -1.01. The topological polar surface area (TPSA) is 87.4 Å². The number of halogens is 1. The maximum atomic E-state index is 15.8. The molecule has 0 spiro atoms. The summed E-state index contributed by atoms with van der Waals surface area (Å²) in [7, 11) is 0. The van der Waals surface area contributed by atoms with Crippen molar-refractivity contribution < 1.29 is 28.1 Å². The zero-order valence-corrected chi connectivity index (χ0v) is 30.1. The second kappa shape index (κ2) is 13.7. The van der Waals surface area contributed by atoms with Crippen molar-refractivity contribution in [3.05, 3.63) is 65.1 Å². The van der Waals surface area contributed by atoms with Crippen LogP contribution in [0.2, 0.25) is 0 Å². The first-order valence-electron chi connectivity index (χ1n) is 17.5. The standard InChI is InChI=1S/C39H49FN4O5/c1-9-46-37(45)35(49-38(5,6)7)33-26(4)41-32-23-30-27-13-10-14-28(22-27)34-29(40)20-24(2)21-31(34)48-25(3)12-11-19-47-39(8)15-17-43(18-16-39)36(33)44(32)42-30/h10,13-14,20-23,25,35H,9,11-12,15-19H2,1-8H3/t25-,35-/m0/s1. The number of piperidine rings is 1. The van der Waals surface area contributed by atoms with Crippen LogP contribution in [0.25, 0.3) is 28.0 Å². The average Bonchev–Trinajstić information content (AvgIpc) is 3.45. The molecule has 1 saturated heterocycles. The molecule has 3 aliphatic rings. The fraction of sp³-hybridized carbons (Fsp3) is 0.513. The molecule has 1 fully saturated rings. The average molecular weight is 673 g/mol. The van der Waals surface area contributed by atoms with Crippen molar-refractivity contribution >= 4 is 17.4 Å². The lowest BCUT2D eigenvalue weighted by Crippen LogP contribution is -2.46. The van der Waals surface area contributed by atoms with E-state index < -0.39 is 17.7 Å². The molecule has 7 rings (SSSR count). The molecule has 0 unspecified atom stereocenters. The van der Waals surface area contributed by atoms with Gasteiger partial charge in [-0.15, -0.1) is 0 Å². The Morgan fingerprint density at radius 2 is 1.86 bits per heavy atom. The third-order valence-electron chi connectivity index (χ3n) is 9.34. The Kier molecular flexibility index (Phi) is 9.74. The van der Waals surface area contributed by atoms with Gasteiger partial charge in [0.15, 0.2) is 11.8 Å². The smallest absolute Gasteiger partial charge is 0.340 e. The minimum Gasteiger partial charge on any atom is -0.490 e. The van der Waals surface area contributed by atoms with Gasteiger partial charge < -0.3 is 23.8 Å². The van der Waals surface area contributed by atoms with Gasteiger partial charge in [-0.05, 0) is 110 Å². The van der Waals surface area contributed by atoms with Crippen molar-refractivity contribution in [3.8, 4) is 28.1 Å². The number of anilines is 1. The highest BCUT2D eigenvalue weighted by Crippen LogP contribution is 2.40. The van der Waals surface area contributed by atoms with Crippen molar-refractivity contribution in [2.75, 3.05) is 31.2 Å². The fourth-order valence-electron chi connectivity index (χ4n) is 6.88. The molecule has 0 N–H and O–H groups in total. The summed E-state index contributed by atoms with van der Waals surface area (Å²) >= 11 is 0. The van der Waals surface area contributed by atoms with Gasteiger partial charge in [0.1, 0.15) is 17.4 Å². The molecule has 10 heteroatoms. The predicted octanol–water partition coefficient (Wildman–Crippen LogP) is 8.18. The SMILES string of the molecule is CCOC(=O)[C@@H](OC(C)(C)C)c1c(C)nc2cc3nn2c1N1CCC(C)(CC1)OCCC[C@H](C)Oc1cc(C)cc(F)c1-c1cccc-3c1. The second-order valence-corrected chi connectivity index (χ2v) is 14.7. The van der Waals surface area contributed by atoms with E-state index in [9.17, 15) is 4.79 Å². The largest absolute Gasteiger partial charge is 0.490 e. The lowest BCUT2D eigenvalue weighted by Gasteiger charge is -2.41. The number of hydrogen-bond donors (Lipinski definition) is 0. The number of nitrogens with zero attached hydrogens (tertiary/aromatic N) is 4. The molecule has 2 atom stereocenters. The first-order chi connectivity index (χ1) is 23.2. The van der Waals surface area contributed by atoms with Crippen molar-refractivity contribution in [2.45, 2.75) is 104 Å². The summed E-state index contributed by atoms with van der Waals surface area (Å²) in [6, 6.07) is 13.1. The maximum absolute atomic E-state index is 15.8. The lowest BCUT2D eigenvalue weighted by atomic mass is 9.92. The zero-order valence-electron chi connectivity index (χ0n) is 30.1. The molecular formula is C39H49FN4O5. The van der Waals surface area contributed by atoms with Crippen molar-refractivity contribution in [2.24, 2.45) is 0 Å². The number of fused-ring (bicyclic) bond motifs is 7. The van der Waals surface area contributed by atoms with E-state index in [2.05, 4.69) is 11.8 Å². The first kappa shape index (κ1) is 34.8. The molecule has 5 heterocycles. The number of rotatable bonds is 4. The Balaban J connectivity index is 1.57. The molecule has 3 aliphatic heterocycles. The van der Waals surface area contributed by atoms with Crippen LogP contribution in [-0.2, 0) is 19.0 Å². The van der Waals surface area contributed by atoms with E-state index >= 15 is 4.39 Å². The highest BCUT2D eigenvalue weighted by Gasteiger charge is 2.38. The van der Waals surface area contributed by atoms with Gasteiger partial charge in [0, 0.05) is 37.0 Å². The van der Waals surface area contributed by atoms with Gasteiger partial charge in [-0.1, -0.05) is 18.2 Å². The van der Waals surface area contributed by atoms with Crippen LogP contribution in [0.5, 0.6) is 5.75 Å². The molecule has 49 heavy (non-hydrogen) atoms. The molecule has 0 amide bonds. The predicted molar refractivity (Wildman–Crippen MR) is 189 cm³/mol. The van der Waals surface area contributed by atoms with Gasteiger partial charge in [0.05, 0.1) is 40.7 Å². The van der Waals surface area contributed by atoms with Crippen LogP contribution in [0.3, 0.4) is 0 Å². The minimum absolute atomic E-state index is 0.130. The number of benzene rings is 2. The van der Waals surface area contributed by atoms with Crippen LogP contribution < -0.4 is 9.64 Å². The molecule has 4 aromatic rings.